The Kier molecular flexibility index (Phi) is 3.57. The van der Waals surface area contributed by atoms with Crippen LogP contribution in [0.25, 0.3) is 11.1 Å². The number of rotatable bonds is 5. The molecule has 0 saturated heterocycles. The predicted molar refractivity (Wildman–Crippen MR) is 71.7 cm³/mol. The number of halogens is 1. The van der Waals surface area contributed by atoms with Gasteiger partial charge in [-0.1, -0.05) is 19.1 Å². The average Bonchev–Trinajstić information content (AvgIpc) is 2.71. The minimum atomic E-state index is -0.0668. The monoisotopic (exact) mass is 252 g/mol. The molecule has 1 heterocycles. The molecule has 92 valence electrons. The van der Waals surface area contributed by atoms with Gasteiger partial charge in [0, 0.05) is 11.4 Å². The smallest absolute Gasteiger partial charge is 0.296 e. The zero-order valence-electron chi connectivity index (χ0n) is 10.2. The Balaban J connectivity index is 2.22. The van der Waals surface area contributed by atoms with Gasteiger partial charge >= 0.3 is 0 Å². The summed E-state index contributed by atoms with van der Waals surface area (Å²) in [5.41, 5.74) is 1.61. The highest BCUT2D eigenvalue weighted by molar-refractivity contribution is 6.17. The molecule has 0 bridgehead atoms. The number of benzene rings is 1. The number of nitrogens with one attached hydrogen (secondary N) is 1. The minimum absolute atomic E-state index is 0.0668. The van der Waals surface area contributed by atoms with E-state index in [4.69, 9.17) is 16.0 Å². The van der Waals surface area contributed by atoms with Gasteiger partial charge in [-0.05, 0) is 31.9 Å². The molecule has 1 aromatic carbocycles. The molecule has 0 amide bonds. The van der Waals surface area contributed by atoms with Crippen LogP contribution in [0.15, 0.2) is 28.7 Å². The van der Waals surface area contributed by atoms with Crippen LogP contribution >= 0.6 is 11.6 Å². The van der Waals surface area contributed by atoms with Gasteiger partial charge in [0.2, 0.25) is 0 Å². The molecule has 0 fully saturated rings. The molecule has 1 unspecified atom stereocenters. The molecule has 0 saturated carbocycles. The Labute approximate surface area is 106 Å². The van der Waals surface area contributed by atoms with E-state index in [9.17, 15) is 0 Å². The van der Waals surface area contributed by atoms with Crippen LogP contribution in [0.5, 0.6) is 0 Å². The third-order valence-corrected chi connectivity index (χ3v) is 3.32. The standard InChI is InChI=1S/C13H17ClN2O/c1-3-13(2,8-9-14)16-12-15-10-6-4-5-7-11(10)17-12/h4-7H,3,8-9H2,1-2H3,(H,15,16). The Hall–Kier alpha value is -1.22. The van der Waals surface area contributed by atoms with Crippen LogP contribution in [-0.2, 0) is 0 Å². The largest absolute Gasteiger partial charge is 0.424 e. The molecule has 1 aromatic heterocycles. The number of hydrogen-bond acceptors (Lipinski definition) is 3. The van der Waals surface area contributed by atoms with Crippen molar-refractivity contribution < 1.29 is 4.42 Å². The number of oxazole rings is 1. The second-order valence-electron chi connectivity index (χ2n) is 4.46. The molecule has 0 aliphatic carbocycles. The normalized spacial score (nSPS) is 14.8. The van der Waals surface area contributed by atoms with Gasteiger partial charge in [0.1, 0.15) is 5.52 Å². The van der Waals surface area contributed by atoms with Crippen LogP contribution in [-0.4, -0.2) is 16.4 Å². The van der Waals surface area contributed by atoms with Gasteiger partial charge in [-0.15, -0.1) is 11.6 Å². The molecule has 2 rings (SSSR count). The summed E-state index contributed by atoms with van der Waals surface area (Å²) in [7, 11) is 0. The van der Waals surface area contributed by atoms with Crippen molar-refractivity contribution in [2.45, 2.75) is 32.2 Å². The fourth-order valence-electron chi connectivity index (χ4n) is 1.72. The topological polar surface area (TPSA) is 38.1 Å². The van der Waals surface area contributed by atoms with Crippen molar-refractivity contribution in [2.75, 3.05) is 11.2 Å². The SMILES string of the molecule is CCC(C)(CCCl)Nc1nc2ccccc2o1. The molecule has 0 spiro atoms. The van der Waals surface area contributed by atoms with Gasteiger partial charge in [0.05, 0.1) is 0 Å². The number of hydrogen-bond donors (Lipinski definition) is 1. The molecule has 0 aliphatic rings. The van der Waals surface area contributed by atoms with E-state index >= 15 is 0 Å². The second kappa shape index (κ2) is 4.96. The van der Waals surface area contributed by atoms with E-state index in [1.165, 1.54) is 0 Å². The molecular formula is C13H17ClN2O. The van der Waals surface area contributed by atoms with Crippen LogP contribution in [0.4, 0.5) is 6.01 Å². The molecule has 1 atom stereocenters. The first-order valence-electron chi connectivity index (χ1n) is 5.86. The van der Waals surface area contributed by atoms with E-state index in [0.717, 1.165) is 23.9 Å². The summed E-state index contributed by atoms with van der Waals surface area (Å²) in [6, 6.07) is 8.31. The molecule has 3 nitrogen and oxygen atoms in total. The lowest BCUT2D eigenvalue weighted by Crippen LogP contribution is -2.34. The van der Waals surface area contributed by atoms with E-state index in [0.29, 0.717) is 11.9 Å². The van der Waals surface area contributed by atoms with Gasteiger partial charge in [0.15, 0.2) is 5.58 Å². The highest BCUT2D eigenvalue weighted by Crippen LogP contribution is 2.25. The van der Waals surface area contributed by atoms with Crippen molar-refractivity contribution in [1.82, 2.24) is 4.98 Å². The van der Waals surface area contributed by atoms with E-state index in [1.54, 1.807) is 0 Å². The first kappa shape index (κ1) is 12.2. The van der Waals surface area contributed by atoms with Crippen LogP contribution < -0.4 is 5.32 Å². The molecule has 17 heavy (non-hydrogen) atoms. The van der Waals surface area contributed by atoms with E-state index < -0.39 is 0 Å². The summed E-state index contributed by atoms with van der Waals surface area (Å²) in [5, 5.41) is 3.33. The fraction of sp³-hybridized carbons (Fsp3) is 0.462. The summed E-state index contributed by atoms with van der Waals surface area (Å²) >= 11 is 5.82. The lowest BCUT2D eigenvalue weighted by Gasteiger charge is -2.27. The third kappa shape index (κ3) is 2.72. The van der Waals surface area contributed by atoms with Crippen LogP contribution in [0.2, 0.25) is 0 Å². The third-order valence-electron chi connectivity index (χ3n) is 3.13. The summed E-state index contributed by atoms with van der Waals surface area (Å²) in [6.07, 6.45) is 1.85. The van der Waals surface area contributed by atoms with Gasteiger partial charge in [-0.3, -0.25) is 0 Å². The van der Waals surface area contributed by atoms with Gasteiger partial charge < -0.3 is 9.73 Å². The minimum Gasteiger partial charge on any atom is -0.424 e. The highest BCUT2D eigenvalue weighted by atomic mass is 35.5. The number of nitrogens with zero attached hydrogens (tertiary/aromatic N) is 1. The van der Waals surface area contributed by atoms with Crippen molar-refractivity contribution in [3.05, 3.63) is 24.3 Å². The first-order chi connectivity index (χ1) is 8.17. The lowest BCUT2D eigenvalue weighted by atomic mass is 9.96. The van der Waals surface area contributed by atoms with E-state index in [1.807, 2.05) is 24.3 Å². The second-order valence-corrected chi connectivity index (χ2v) is 4.84. The number of para-hydroxylation sites is 2. The molecular weight excluding hydrogens is 236 g/mol. The van der Waals surface area contributed by atoms with Crippen molar-refractivity contribution >= 4 is 28.7 Å². The van der Waals surface area contributed by atoms with Crippen molar-refractivity contribution in [2.24, 2.45) is 0 Å². The summed E-state index contributed by atoms with van der Waals surface area (Å²) in [5.74, 6) is 0.623. The van der Waals surface area contributed by atoms with Crippen molar-refractivity contribution in [3.63, 3.8) is 0 Å². The summed E-state index contributed by atoms with van der Waals surface area (Å²) < 4.78 is 5.65. The molecule has 4 heteroatoms. The number of fused-ring (bicyclic) bond motifs is 1. The molecule has 2 aromatic rings. The zero-order chi connectivity index (χ0) is 12.3. The van der Waals surface area contributed by atoms with Gasteiger partial charge in [-0.25, -0.2) is 0 Å². The van der Waals surface area contributed by atoms with Gasteiger partial charge in [-0.2, -0.15) is 4.98 Å². The number of aromatic nitrogens is 1. The highest BCUT2D eigenvalue weighted by Gasteiger charge is 2.23. The predicted octanol–water partition coefficient (Wildman–Crippen LogP) is 4.04. The maximum Gasteiger partial charge on any atom is 0.296 e. The molecule has 1 N–H and O–H groups in total. The quantitative estimate of drug-likeness (QED) is 0.817. The van der Waals surface area contributed by atoms with Crippen LogP contribution in [0.1, 0.15) is 26.7 Å². The summed E-state index contributed by atoms with van der Waals surface area (Å²) in [4.78, 5) is 4.41. The number of alkyl halides is 1. The number of anilines is 1. The maximum atomic E-state index is 5.82. The summed E-state index contributed by atoms with van der Waals surface area (Å²) in [6.45, 7) is 4.26. The van der Waals surface area contributed by atoms with Crippen molar-refractivity contribution in [3.8, 4) is 0 Å². The maximum absolute atomic E-state index is 5.82. The average molecular weight is 253 g/mol. The van der Waals surface area contributed by atoms with Crippen LogP contribution in [0, 0.1) is 0 Å². The fourth-order valence-corrected chi connectivity index (χ4v) is 2.14. The Morgan fingerprint density at radius 3 is 2.82 bits per heavy atom. The van der Waals surface area contributed by atoms with Crippen molar-refractivity contribution in [1.29, 1.82) is 0 Å². The van der Waals surface area contributed by atoms with E-state index in [2.05, 4.69) is 24.1 Å². The Morgan fingerprint density at radius 2 is 2.18 bits per heavy atom. The zero-order valence-corrected chi connectivity index (χ0v) is 10.9. The molecule has 0 aliphatic heterocycles. The van der Waals surface area contributed by atoms with E-state index in [-0.39, 0.29) is 5.54 Å². The Morgan fingerprint density at radius 1 is 1.41 bits per heavy atom. The first-order valence-corrected chi connectivity index (χ1v) is 6.40. The lowest BCUT2D eigenvalue weighted by molar-refractivity contribution is 0.457. The Bertz CT molecular complexity index is 464. The molecule has 0 radical (unpaired) electrons. The van der Waals surface area contributed by atoms with Gasteiger partial charge in [0.25, 0.3) is 6.01 Å². The van der Waals surface area contributed by atoms with Crippen LogP contribution in [0.3, 0.4) is 0 Å².